The van der Waals surface area contributed by atoms with Crippen LogP contribution in [-0.2, 0) is 16.2 Å². The van der Waals surface area contributed by atoms with Gasteiger partial charge in [-0.3, -0.25) is 9.63 Å². The smallest absolute Gasteiger partial charge is 0.249 e. The fraction of sp³-hybridized carbons (Fsp3) is 0.381. The van der Waals surface area contributed by atoms with Gasteiger partial charge in [-0.15, -0.1) is 0 Å². The molecular formula is C21H29NO3Si. The number of hydrogen-bond donors (Lipinski definition) is 2. The standard InChI is InChI=1S/C21H29NO3Si/c1-16(23)20(17(2)26(3,4)19-13-9-6-10-14-19)21(24)22-25-15-18-11-7-5-8-12-18/h5-14,16-17,20,23H,15H2,1-4H3,(H,22,24)/t16-,17-,20-/m0/s1. The Bertz CT molecular complexity index is 689. The minimum atomic E-state index is -1.95. The first kappa shape index (κ1) is 20.4. The first-order valence-corrected chi connectivity index (χ1v) is 12.1. The summed E-state index contributed by atoms with van der Waals surface area (Å²) in [4.78, 5) is 18.1. The molecule has 2 rings (SSSR count). The van der Waals surface area contributed by atoms with E-state index in [4.69, 9.17) is 4.84 Å². The Morgan fingerprint density at radius 2 is 1.58 bits per heavy atom. The molecule has 0 bridgehead atoms. The number of aliphatic hydroxyl groups is 1. The van der Waals surface area contributed by atoms with Gasteiger partial charge in [0.1, 0.15) is 0 Å². The van der Waals surface area contributed by atoms with E-state index in [1.165, 1.54) is 5.19 Å². The largest absolute Gasteiger partial charge is 0.393 e. The summed E-state index contributed by atoms with van der Waals surface area (Å²) in [5.74, 6) is -0.785. The molecule has 3 atom stereocenters. The van der Waals surface area contributed by atoms with Gasteiger partial charge in [-0.1, -0.05) is 85.9 Å². The van der Waals surface area contributed by atoms with Gasteiger partial charge in [0.25, 0.3) is 0 Å². The number of aliphatic hydroxyl groups excluding tert-OH is 1. The molecule has 2 aromatic rings. The number of carbonyl (C=O) groups excluding carboxylic acids is 1. The zero-order valence-electron chi connectivity index (χ0n) is 16.0. The first-order valence-electron chi connectivity index (χ1n) is 9.03. The third kappa shape index (κ3) is 5.03. The Kier molecular flexibility index (Phi) is 7.14. The second kappa shape index (κ2) is 9.12. The van der Waals surface area contributed by atoms with Crippen LogP contribution in [0.1, 0.15) is 19.4 Å². The normalized spacial score (nSPS) is 15.1. The highest BCUT2D eigenvalue weighted by Crippen LogP contribution is 2.32. The van der Waals surface area contributed by atoms with Gasteiger partial charge < -0.3 is 5.11 Å². The molecule has 0 radical (unpaired) electrons. The van der Waals surface area contributed by atoms with Crippen LogP contribution in [0.3, 0.4) is 0 Å². The number of benzene rings is 2. The van der Waals surface area contributed by atoms with E-state index in [0.717, 1.165) is 5.56 Å². The number of carbonyl (C=O) groups is 1. The SMILES string of the molecule is C[C@H](O)[C@H](C(=O)NOCc1ccccc1)[C@H](C)[Si](C)(C)c1ccccc1. The molecule has 0 saturated carbocycles. The number of hydroxylamine groups is 1. The summed E-state index contributed by atoms with van der Waals surface area (Å²) in [6, 6.07) is 19.9. The van der Waals surface area contributed by atoms with Crippen molar-refractivity contribution in [3.05, 3.63) is 66.2 Å². The molecule has 1 amide bonds. The van der Waals surface area contributed by atoms with Gasteiger partial charge in [0.05, 0.1) is 26.7 Å². The highest BCUT2D eigenvalue weighted by Gasteiger charge is 2.41. The van der Waals surface area contributed by atoms with Crippen molar-refractivity contribution in [2.45, 2.75) is 45.2 Å². The average molecular weight is 372 g/mol. The second-order valence-corrected chi connectivity index (χ2v) is 12.3. The third-order valence-electron chi connectivity index (χ3n) is 5.27. The Hall–Kier alpha value is -1.95. The van der Waals surface area contributed by atoms with Gasteiger partial charge in [0.2, 0.25) is 5.91 Å². The van der Waals surface area contributed by atoms with Gasteiger partial charge in [-0.05, 0) is 18.0 Å². The van der Waals surface area contributed by atoms with Crippen LogP contribution >= 0.6 is 0 Å². The Morgan fingerprint density at radius 3 is 2.12 bits per heavy atom. The molecule has 0 saturated heterocycles. The molecule has 0 aliphatic rings. The van der Waals surface area contributed by atoms with E-state index < -0.39 is 20.1 Å². The van der Waals surface area contributed by atoms with Crippen molar-refractivity contribution in [3.63, 3.8) is 0 Å². The predicted octanol–water partition coefficient (Wildman–Crippen LogP) is 3.24. The molecule has 0 heterocycles. The van der Waals surface area contributed by atoms with Crippen molar-refractivity contribution in [2.24, 2.45) is 5.92 Å². The fourth-order valence-corrected chi connectivity index (χ4v) is 6.18. The first-order chi connectivity index (χ1) is 12.3. The lowest BCUT2D eigenvalue weighted by Gasteiger charge is -2.36. The van der Waals surface area contributed by atoms with Crippen molar-refractivity contribution in [3.8, 4) is 0 Å². The third-order valence-corrected chi connectivity index (χ3v) is 9.73. The van der Waals surface area contributed by atoms with E-state index in [1.807, 2.05) is 48.5 Å². The van der Waals surface area contributed by atoms with Crippen LogP contribution in [-0.4, -0.2) is 25.2 Å². The summed E-state index contributed by atoms with van der Waals surface area (Å²) < 4.78 is 0. The van der Waals surface area contributed by atoms with Crippen molar-refractivity contribution in [1.82, 2.24) is 5.48 Å². The van der Waals surface area contributed by atoms with E-state index in [9.17, 15) is 9.90 Å². The minimum Gasteiger partial charge on any atom is -0.393 e. The van der Waals surface area contributed by atoms with Crippen molar-refractivity contribution >= 4 is 19.2 Å². The topological polar surface area (TPSA) is 58.6 Å². The van der Waals surface area contributed by atoms with Crippen molar-refractivity contribution in [2.75, 3.05) is 0 Å². The molecule has 0 aliphatic carbocycles. The predicted molar refractivity (Wildman–Crippen MR) is 108 cm³/mol. The van der Waals surface area contributed by atoms with E-state index in [1.54, 1.807) is 6.92 Å². The lowest BCUT2D eigenvalue weighted by molar-refractivity contribution is -0.142. The van der Waals surface area contributed by atoms with Gasteiger partial charge in [-0.2, -0.15) is 0 Å². The number of amides is 1. The summed E-state index contributed by atoms with van der Waals surface area (Å²) in [5.41, 5.74) is 3.57. The monoisotopic (exact) mass is 371 g/mol. The molecule has 4 nitrogen and oxygen atoms in total. The number of nitrogens with one attached hydrogen (secondary N) is 1. The Balaban J connectivity index is 2.05. The van der Waals surface area contributed by atoms with Gasteiger partial charge in [0, 0.05) is 0 Å². The molecule has 2 aromatic carbocycles. The lowest BCUT2D eigenvalue weighted by atomic mass is 9.99. The maximum absolute atomic E-state index is 12.7. The van der Waals surface area contributed by atoms with Gasteiger partial charge in [0.15, 0.2) is 0 Å². The molecule has 26 heavy (non-hydrogen) atoms. The maximum atomic E-state index is 12.7. The highest BCUT2D eigenvalue weighted by molar-refractivity contribution is 6.91. The zero-order valence-corrected chi connectivity index (χ0v) is 17.0. The molecule has 0 spiro atoms. The van der Waals surface area contributed by atoms with Crippen LogP contribution in [0, 0.1) is 5.92 Å². The fourth-order valence-electron chi connectivity index (χ4n) is 3.28. The van der Waals surface area contributed by atoms with E-state index in [0.29, 0.717) is 6.61 Å². The number of hydrogen-bond acceptors (Lipinski definition) is 3. The van der Waals surface area contributed by atoms with E-state index in [-0.39, 0.29) is 11.4 Å². The number of rotatable bonds is 8. The Morgan fingerprint density at radius 1 is 1.04 bits per heavy atom. The summed E-state index contributed by atoms with van der Waals surface area (Å²) >= 11 is 0. The molecule has 0 unspecified atom stereocenters. The van der Waals surface area contributed by atoms with Crippen LogP contribution in [0.4, 0.5) is 0 Å². The van der Waals surface area contributed by atoms with Gasteiger partial charge in [-0.25, -0.2) is 5.48 Å². The molecule has 0 fully saturated rings. The summed E-state index contributed by atoms with van der Waals surface area (Å²) in [7, 11) is -1.95. The summed E-state index contributed by atoms with van der Waals surface area (Å²) in [6.07, 6.45) is -0.749. The quantitative estimate of drug-likeness (QED) is 0.553. The second-order valence-electron chi connectivity index (χ2n) is 7.38. The zero-order chi connectivity index (χ0) is 19.2. The van der Waals surface area contributed by atoms with Crippen molar-refractivity contribution < 1.29 is 14.7 Å². The lowest BCUT2D eigenvalue weighted by Crippen LogP contribution is -2.52. The van der Waals surface area contributed by atoms with E-state index >= 15 is 0 Å². The van der Waals surface area contributed by atoms with Crippen molar-refractivity contribution in [1.29, 1.82) is 0 Å². The van der Waals surface area contributed by atoms with E-state index in [2.05, 4.69) is 37.6 Å². The Labute approximate surface area is 157 Å². The molecule has 5 heteroatoms. The van der Waals surface area contributed by atoms with Crippen LogP contribution in [0.5, 0.6) is 0 Å². The summed E-state index contributed by atoms with van der Waals surface area (Å²) in [5, 5.41) is 11.6. The molecule has 0 aliphatic heterocycles. The van der Waals surface area contributed by atoms with Crippen LogP contribution in [0.2, 0.25) is 18.6 Å². The summed E-state index contributed by atoms with van der Waals surface area (Å²) in [6.45, 7) is 8.51. The van der Waals surface area contributed by atoms with Gasteiger partial charge >= 0.3 is 0 Å². The van der Waals surface area contributed by atoms with Crippen LogP contribution in [0.15, 0.2) is 60.7 Å². The highest BCUT2D eigenvalue weighted by atomic mass is 28.3. The molecule has 2 N–H and O–H groups in total. The molecule has 140 valence electrons. The molecular weight excluding hydrogens is 342 g/mol. The van der Waals surface area contributed by atoms with Crippen LogP contribution < -0.4 is 10.7 Å². The average Bonchev–Trinajstić information content (AvgIpc) is 2.63. The molecule has 0 aromatic heterocycles. The minimum absolute atomic E-state index is 0.0465. The van der Waals surface area contributed by atoms with Crippen LogP contribution in [0.25, 0.3) is 0 Å². The maximum Gasteiger partial charge on any atom is 0.249 e.